The topological polar surface area (TPSA) is 29.9 Å². The van der Waals surface area contributed by atoms with Crippen molar-refractivity contribution in [3.63, 3.8) is 0 Å². The maximum Gasteiger partial charge on any atom is 0.0762 e. The lowest BCUT2D eigenvalue weighted by Gasteiger charge is -2.27. The van der Waals surface area contributed by atoms with Gasteiger partial charge in [-0.15, -0.1) is 0 Å². The van der Waals surface area contributed by atoms with Gasteiger partial charge in [-0.1, -0.05) is 26.7 Å². The van der Waals surface area contributed by atoms with Crippen molar-refractivity contribution in [3.8, 4) is 0 Å². The summed E-state index contributed by atoms with van der Waals surface area (Å²) in [5.74, 6) is 0. The third-order valence-corrected chi connectivity index (χ3v) is 4.62. The van der Waals surface area contributed by atoms with Crippen LogP contribution in [0.15, 0.2) is 12.3 Å². The Balaban J connectivity index is 1.90. The minimum Gasteiger partial charge on any atom is -0.306 e. The molecule has 0 saturated heterocycles. The lowest BCUT2D eigenvalue weighted by atomic mass is 9.95. The predicted octanol–water partition coefficient (Wildman–Crippen LogP) is 3.67. The van der Waals surface area contributed by atoms with E-state index in [1.54, 1.807) is 0 Å². The SMILES string of the molecule is CCC(C)(CC)NCc1ccn(C2CCCC2)n1. The van der Waals surface area contributed by atoms with Crippen LogP contribution >= 0.6 is 0 Å². The van der Waals surface area contributed by atoms with Crippen molar-refractivity contribution < 1.29 is 0 Å². The molecule has 2 rings (SSSR count). The molecule has 1 aliphatic rings. The number of hydrogen-bond acceptors (Lipinski definition) is 2. The van der Waals surface area contributed by atoms with E-state index in [2.05, 4.69) is 43.0 Å². The zero-order valence-corrected chi connectivity index (χ0v) is 12.1. The molecule has 0 radical (unpaired) electrons. The van der Waals surface area contributed by atoms with Gasteiger partial charge in [-0.05, 0) is 38.7 Å². The fraction of sp³-hybridized carbons (Fsp3) is 0.800. The van der Waals surface area contributed by atoms with Gasteiger partial charge in [-0.3, -0.25) is 4.68 Å². The van der Waals surface area contributed by atoms with Gasteiger partial charge in [0.2, 0.25) is 0 Å². The van der Waals surface area contributed by atoms with Crippen LogP contribution in [0.5, 0.6) is 0 Å². The van der Waals surface area contributed by atoms with Crippen LogP contribution < -0.4 is 5.32 Å². The van der Waals surface area contributed by atoms with Crippen LogP contribution in [0.3, 0.4) is 0 Å². The third-order valence-electron chi connectivity index (χ3n) is 4.62. The van der Waals surface area contributed by atoms with Gasteiger partial charge in [0, 0.05) is 18.3 Å². The molecule has 1 N–H and O–H groups in total. The van der Waals surface area contributed by atoms with Gasteiger partial charge < -0.3 is 5.32 Å². The Bertz CT molecular complexity index is 360. The Morgan fingerprint density at radius 3 is 2.61 bits per heavy atom. The summed E-state index contributed by atoms with van der Waals surface area (Å²) in [6.07, 6.45) is 9.80. The number of nitrogens with zero attached hydrogens (tertiary/aromatic N) is 2. The molecule has 0 aliphatic heterocycles. The van der Waals surface area contributed by atoms with Gasteiger partial charge in [0.05, 0.1) is 11.7 Å². The van der Waals surface area contributed by atoms with Gasteiger partial charge in [0.25, 0.3) is 0 Å². The fourth-order valence-electron chi connectivity index (χ4n) is 2.65. The molecule has 1 fully saturated rings. The van der Waals surface area contributed by atoms with Crippen LogP contribution in [0.2, 0.25) is 0 Å². The van der Waals surface area contributed by atoms with E-state index in [1.165, 1.54) is 31.4 Å². The molecule has 0 amide bonds. The molecule has 102 valence electrons. The molecule has 0 aromatic carbocycles. The molecule has 1 aromatic heterocycles. The van der Waals surface area contributed by atoms with E-state index in [9.17, 15) is 0 Å². The number of rotatable bonds is 6. The van der Waals surface area contributed by atoms with Crippen molar-refractivity contribution in [1.82, 2.24) is 15.1 Å². The standard InChI is InChI=1S/C15H27N3/c1-4-15(3,5-2)16-12-13-10-11-18(17-13)14-8-6-7-9-14/h10-11,14,16H,4-9,12H2,1-3H3. The Morgan fingerprint density at radius 2 is 2.00 bits per heavy atom. The van der Waals surface area contributed by atoms with Crippen LogP contribution in [0.25, 0.3) is 0 Å². The first kappa shape index (κ1) is 13.6. The van der Waals surface area contributed by atoms with Gasteiger partial charge in [-0.2, -0.15) is 5.10 Å². The molecule has 18 heavy (non-hydrogen) atoms. The second-order valence-electron chi connectivity index (χ2n) is 5.85. The van der Waals surface area contributed by atoms with E-state index in [0.29, 0.717) is 6.04 Å². The first-order chi connectivity index (χ1) is 8.67. The van der Waals surface area contributed by atoms with Crippen LogP contribution in [-0.4, -0.2) is 15.3 Å². The molecular weight excluding hydrogens is 222 g/mol. The Kier molecular flexibility index (Phi) is 4.44. The fourth-order valence-corrected chi connectivity index (χ4v) is 2.65. The molecule has 0 spiro atoms. The van der Waals surface area contributed by atoms with Crippen molar-refractivity contribution in [3.05, 3.63) is 18.0 Å². The molecule has 0 unspecified atom stereocenters. The zero-order valence-electron chi connectivity index (χ0n) is 12.1. The zero-order chi connectivity index (χ0) is 13.0. The maximum absolute atomic E-state index is 4.72. The van der Waals surface area contributed by atoms with E-state index in [4.69, 9.17) is 5.10 Å². The summed E-state index contributed by atoms with van der Waals surface area (Å²) in [5, 5.41) is 8.36. The second kappa shape index (κ2) is 5.87. The van der Waals surface area contributed by atoms with Gasteiger partial charge in [-0.25, -0.2) is 0 Å². The highest BCUT2D eigenvalue weighted by atomic mass is 15.3. The highest BCUT2D eigenvalue weighted by Gasteiger charge is 2.20. The van der Waals surface area contributed by atoms with Crippen LogP contribution in [0.4, 0.5) is 0 Å². The minimum absolute atomic E-state index is 0.247. The molecule has 1 saturated carbocycles. The Hall–Kier alpha value is -0.830. The molecule has 1 heterocycles. The molecule has 3 heteroatoms. The molecule has 1 aromatic rings. The van der Waals surface area contributed by atoms with E-state index >= 15 is 0 Å². The molecule has 0 atom stereocenters. The predicted molar refractivity (Wildman–Crippen MR) is 75.6 cm³/mol. The second-order valence-corrected chi connectivity index (χ2v) is 5.85. The highest BCUT2D eigenvalue weighted by Crippen LogP contribution is 2.28. The van der Waals surface area contributed by atoms with Gasteiger partial charge in [0.15, 0.2) is 0 Å². The summed E-state index contributed by atoms with van der Waals surface area (Å²) < 4.78 is 2.18. The number of hydrogen-bond donors (Lipinski definition) is 1. The van der Waals surface area contributed by atoms with E-state index in [-0.39, 0.29) is 5.54 Å². The quantitative estimate of drug-likeness (QED) is 0.833. The summed E-state index contributed by atoms with van der Waals surface area (Å²) in [7, 11) is 0. The van der Waals surface area contributed by atoms with Crippen molar-refractivity contribution in [1.29, 1.82) is 0 Å². The minimum atomic E-state index is 0.247. The van der Waals surface area contributed by atoms with Crippen LogP contribution in [0, 0.1) is 0 Å². The van der Waals surface area contributed by atoms with Crippen LogP contribution in [0.1, 0.15) is 71.0 Å². The normalized spacial score (nSPS) is 17.5. The van der Waals surface area contributed by atoms with E-state index in [1.807, 2.05) is 0 Å². The first-order valence-corrected chi connectivity index (χ1v) is 7.46. The van der Waals surface area contributed by atoms with E-state index < -0.39 is 0 Å². The third kappa shape index (κ3) is 3.14. The monoisotopic (exact) mass is 249 g/mol. The molecule has 1 aliphatic carbocycles. The average Bonchev–Trinajstić information content (AvgIpc) is 3.06. The summed E-state index contributed by atoms with van der Waals surface area (Å²) in [6.45, 7) is 7.67. The summed E-state index contributed by atoms with van der Waals surface area (Å²) in [4.78, 5) is 0. The number of nitrogens with one attached hydrogen (secondary N) is 1. The lowest BCUT2D eigenvalue weighted by Crippen LogP contribution is -2.40. The van der Waals surface area contributed by atoms with Crippen LogP contribution in [-0.2, 0) is 6.54 Å². The maximum atomic E-state index is 4.72. The summed E-state index contributed by atoms with van der Waals surface area (Å²) >= 11 is 0. The first-order valence-electron chi connectivity index (χ1n) is 7.46. The largest absolute Gasteiger partial charge is 0.306 e. The number of aromatic nitrogens is 2. The molecule has 0 bridgehead atoms. The van der Waals surface area contributed by atoms with Crippen molar-refractivity contribution in [2.24, 2.45) is 0 Å². The van der Waals surface area contributed by atoms with E-state index in [0.717, 1.165) is 19.4 Å². The summed E-state index contributed by atoms with van der Waals surface area (Å²) in [5.41, 5.74) is 1.42. The van der Waals surface area contributed by atoms with Crippen molar-refractivity contribution in [2.75, 3.05) is 0 Å². The van der Waals surface area contributed by atoms with Gasteiger partial charge >= 0.3 is 0 Å². The van der Waals surface area contributed by atoms with Crippen molar-refractivity contribution >= 4 is 0 Å². The Morgan fingerprint density at radius 1 is 1.33 bits per heavy atom. The molecule has 3 nitrogen and oxygen atoms in total. The highest BCUT2D eigenvalue weighted by molar-refractivity contribution is 5.01. The average molecular weight is 249 g/mol. The summed E-state index contributed by atoms with van der Waals surface area (Å²) in [6, 6.07) is 2.82. The Labute approximate surface area is 111 Å². The van der Waals surface area contributed by atoms with Gasteiger partial charge in [0.1, 0.15) is 0 Å². The molecular formula is C15H27N3. The van der Waals surface area contributed by atoms with Crippen molar-refractivity contribution in [2.45, 2.75) is 77.4 Å². The lowest BCUT2D eigenvalue weighted by molar-refractivity contribution is 0.326. The smallest absolute Gasteiger partial charge is 0.0762 e.